The van der Waals surface area contributed by atoms with Crippen molar-refractivity contribution < 1.29 is 9.15 Å². The van der Waals surface area contributed by atoms with E-state index in [1.165, 1.54) is 0 Å². The van der Waals surface area contributed by atoms with Gasteiger partial charge in [0.15, 0.2) is 5.43 Å². The topological polar surface area (TPSA) is 55.6 Å². The molecule has 3 heterocycles. The summed E-state index contributed by atoms with van der Waals surface area (Å²) in [5.74, 6) is 0.649. The number of benzene rings is 2. The van der Waals surface area contributed by atoms with E-state index in [4.69, 9.17) is 9.15 Å². The molecule has 4 aromatic rings. The van der Waals surface area contributed by atoms with Gasteiger partial charge in [-0.1, -0.05) is 38.1 Å². The highest BCUT2D eigenvalue weighted by molar-refractivity contribution is 5.95. The Labute approximate surface area is 175 Å². The second kappa shape index (κ2) is 8.67. The van der Waals surface area contributed by atoms with Crippen molar-refractivity contribution in [3.8, 4) is 11.1 Å². The fourth-order valence-electron chi connectivity index (χ4n) is 3.84. The SMILES string of the molecule is CC.Cc1c(N2CCOCC2)oc2c(-c3ccc4ncccc4c3)cccc2c1=O. The van der Waals surface area contributed by atoms with Crippen molar-refractivity contribution in [3.05, 3.63) is 70.5 Å². The van der Waals surface area contributed by atoms with Crippen LogP contribution in [0, 0.1) is 6.92 Å². The largest absolute Gasteiger partial charge is 0.439 e. The summed E-state index contributed by atoms with van der Waals surface area (Å²) >= 11 is 0. The standard InChI is InChI=1S/C23H20N2O3.C2H6/c1-15-21(26)19-6-2-5-18(16-7-8-20-17(14-16)4-3-9-24-20)22(19)28-23(15)25-10-12-27-13-11-25;1-2/h2-9,14H,10-13H2,1H3;1-2H3. The van der Waals surface area contributed by atoms with Gasteiger partial charge >= 0.3 is 0 Å². The van der Waals surface area contributed by atoms with Gasteiger partial charge in [0, 0.05) is 30.2 Å². The molecule has 0 N–H and O–H groups in total. The number of hydrogen-bond donors (Lipinski definition) is 0. The van der Waals surface area contributed by atoms with Gasteiger partial charge < -0.3 is 14.1 Å². The maximum atomic E-state index is 13.1. The Morgan fingerprint density at radius 3 is 2.60 bits per heavy atom. The van der Waals surface area contributed by atoms with Crippen LogP contribution in [0.1, 0.15) is 19.4 Å². The highest BCUT2D eigenvalue weighted by atomic mass is 16.5. The van der Waals surface area contributed by atoms with Gasteiger partial charge in [0.25, 0.3) is 0 Å². The van der Waals surface area contributed by atoms with Crippen molar-refractivity contribution in [2.75, 3.05) is 31.2 Å². The fourth-order valence-corrected chi connectivity index (χ4v) is 3.84. The molecule has 0 aliphatic carbocycles. The molecule has 1 fully saturated rings. The molecule has 5 nitrogen and oxygen atoms in total. The number of para-hydroxylation sites is 1. The summed E-state index contributed by atoms with van der Waals surface area (Å²) in [6.07, 6.45) is 1.79. The van der Waals surface area contributed by atoms with Gasteiger partial charge in [-0.05, 0) is 36.8 Å². The van der Waals surface area contributed by atoms with Crippen LogP contribution in [0.15, 0.2) is 63.9 Å². The van der Waals surface area contributed by atoms with E-state index in [0.29, 0.717) is 35.6 Å². The Bertz CT molecular complexity index is 1240. The number of rotatable bonds is 2. The third-order valence-corrected chi connectivity index (χ3v) is 5.33. The minimum atomic E-state index is 0.0204. The van der Waals surface area contributed by atoms with Gasteiger partial charge in [0.1, 0.15) is 5.58 Å². The second-order valence-electron chi connectivity index (χ2n) is 7.05. The first-order valence-electron chi connectivity index (χ1n) is 10.5. The quantitative estimate of drug-likeness (QED) is 0.462. The molecular formula is C25H26N2O3. The van der Waals surface area contributed by atoms with Crippen LogP contribution in [0.3, 0.4) is 0 Å². The maximum Gasteiger partial charge on any atom is 0.203 e. The average molecular weight is 402 g/mol. The van der Waals surface area contributed by atoms with Crippen LogP contribution in [-0.4, -0.2) is 31.3 Å². The second-order valence-corrected chi connectivity index (χ2v) is 7.05. The lowest BCUT2D eigenvalue weighted by molar-refractivity contribution is 0.120. The van der Waals surface area contributed by atoms with Crippen molar-refractivity contribution in [2.24, 2.45) is 0 Å². The number of fused-ring (bicyclic) bond motifs is 2. The molecule has 1 saturated heterocycles. The van der Waals surface area contributed by atoms with E-state index in [-0.39, 0.29) is 5.43 Å². The van der Waals surface area contributed by atoms with Gasteiger partial charge in [-0.3, -0.25) is 9.78 Å². The van der Waals surface area contributed by atoms with Gasteiger partial charge in [-0.2, -0.15) is 0 Å². The van der Waals surface area contributed by atoms with Crippen LogP contribution in [0.4, 0.5) is 5.88 Å². The molecule has 30 heavy (non-hydrogen) atoms. The normalized spacial score (nSPS) is 13.9. The van der Waals surface area contributed by atoms with Crippen LogP contribution >= 0.6 is 0 Å². The zero-order valence-corrected chi connectivity index (χ0v) is 17.6. The predicted molar refractivity (Wildman–Crippen MR) is 122 cm³/mol. The van der Waals surface area contributed by atoms with E-state index in [0.717, 1.165) is 35.1 Å². The van der Waals surface area contributed by atoms with E-state index in [1.54, 1.807) is 6.20 Å². The van der Waals surface area contributed by atoms with E-state index in [1.807, 2.05) is 63.2 Å². The van der Waals surface area contributed by atoms with Crippen molar-refractivity contribution in [2.45, 2.75) is 20.8 Å². The molecule has 0 spiro atoms. The van der Waals surface area contributed by atoms with Crippen LogP contribution in [0.25, 0.3) is 33.0 Å². The third-order valence-electron chi connectivity index (χ3n) is 5.33. The lowest BCUT2D eigenvalue weighted by Crippen LogP contribution is -2.37. The van der Waals surface area contributed by atoms with E-state index >= 15 is 0 Å². The summed E-state index contributed by atoms with van der Waals surface area (Å²) in [6.45, 7) is 8.56. The number of morpholine rings is 1. The van der Waals surface area contributed by atoms with Crippen LogP contribution in [0.2, 0.25) is 0 Å². The summed E-state index contributed by atoms with van der Waals surface area (Å²) in [4.78, 5) is 19.5. The van der Waals surface area contributed by atoms with Crippen molar-refractivity contribution >= 4 is 27.8 Å². The van der Waals surface area contributed by atoms with Gasteiger partial charge in [0.05, 0.1) is 29.7 Å². The summed E-state index contributed by atoms with van der Waals surface area (Å²) in [7, 11) is 0. The molecule has 0 amide bonds. The molecule has 5 heteroatoms. The molecule has 0 radical (unpaired) electrons. The van der Waals surface area contributed by atoms with Crippen molar-refractivity contribution in [1.82, 2.24) is 4.98 Å². The van der Waals surface area contributed by atoms with E-state index in [9.17, 15) is 4.79 Å². The summed E-state index contributed by atoms with van der Waals surface area (Å²) in [5.41, 5.74) is 4.16. The molecule has 2 aromatic heterocycles. The monoisotopic (exact) mass is 402 g/mol. The molecule has 1 aliphatic heterocycles. The number of nitrogens with zero attached hydrogens (tertiary/aromatic N) is 2. The number of ether oxygens (including phenoxy) is 1. The zero-order valence-electron chi connectivity index (χ0n) is 17.6. The lowest BCUT2D eigenvalue weighted by atomic mass is 10.0. The van der Waals surface area contributed by atoms with Gasteiger partial charge in [-0.25, -0.2) is 0 Å². The highest BCUT2D eigenvalue weighted by Gasteiger charge is 2.20. The first kappa shape index (κ1) is 20.1. The number of hydrogen-bond acceptors (Lipinski definition) is 5. The molecule has 0 atom stereocenters. The van der Waals surface area contributed by atoms with Crippen molar-refractivity contribution in [3.63, 3.8) is 0 Å². The minimum Gasteiger partial charge on any atom is -0.439 e. The van der Waals surface area contributed by atoms with Gasteiger partial charge in [-0.15, -0.1) is 0 Å². The average Bonchev–Trinajstić information content (AvgIpc) is 2.82. The first-order valence-corrected chi connectivity index (χ1v) is 10.5. The molecule has 0 unspecified atom stereocenters. The number of pyridine rings is 1. The van der Waals surface area contributed by atoms with E-state index in [2.05, 4.69) is 16.0 Å². The Balaban J connectivity index is 0.00000106. The smallest absolute Gasteiger partial charge is 0.203 e. The summed E-state index contributed by atoms with van der Waals surface area (Å²) in [5, 5.41) is 1.66. The lowest BCUT2D eigenvalue weighted by Gasteiger charge is -2.28. The molecule has 0 bridgehead atoms. The van der Waals surface area contributed by atoms with Crippen LogP contribution < -0.4 is 10.3 Å². The molecule has 154 valence electrons. The Morgan fingerprint density at radius 2 is 1.80 bits per heavy atom. The first-order chi connectivity index (χ1) is 14.7. The van der Waals surface area contributed by atoms with Crippen LogP contribution in [0.5, 0.6) is 0 Å². The summed E-state index contributed by atoms with van der Waals surface area (Å²) < 4.78 is 11.8. The molecule has 2 aromatic carbocycles. The predicted octanol–water partition coefficient (Wildman–Crippen LogP) is 5.18. The minimum absolute atomic E-state index is 0.0204. The van der Waals surface area contributed by atoms with Gasteiger partial charge in [0.2, 0.25) is 5.88 Å². The molecular weight excluding hydrogens is 376 g/mol. The zero-order chi connectivity index (χ0) is 21.1. The molecule has 5 rings (SSSR count). The Morgan fingerprint density at radius 1 is 1.00 bits per heavy atom. The third kappa shape index (κ3) is 3.57. The maximum absolute atomic E-state index is 13.1. The van der Waals surface area contributed by atoms with Crippen molar-refractivity contribution in [1.29, 1.82) is 0 Å². The number of aromatic nitrogens is 1. The fraction of sp³-hybridized carbons (Fsp3) is 0.280. The Hall–Kier alpha value is -3.18. The molecule has 0 saturated carbocycles. The summed E-state index contributed by atoms with van der Waals surface area (Å²) in [6, 6.07) is 15.8. The molecule has 1 aliphatic rings. The van der Waals surface area contributed by atoms with E-state index < -0.39 is 0 Å². The Kier molecular flexibility index (Phi) is 5.81. The highest BCUT2D eigenvalue weighted by Crippen LogP contribution is 2.33. The number of anilines is 1. The van der Waals surface area contributed by atoms with Crippen LogP contribution in [-0.2, 0) is 4.74 Å².